The van der Waals surface area contributed by atoms with Gasteiger partial charge in [-0.2, -0.15) is 0 Å². The molecule has 1 saturated heterocycles. The van der Waals surface area contributed by atoms with E-state index in [0.717, 1.165) is 12.0 Å². The van der Waals surface area contributed by atoms with Crippen molar-refractivity contribution < 1.29 is 0 Å². The quantitative estimate of drug-likeness (QED) is 0.649. The largest absolute Gasteiger partial charge is 0.314 e. The van der Waals surface area contributed by atoms with Crippen molar-refractivity contribution in [2.24, 2.45) is 5.92 Å². The zero-order chi connectivity index (χ0) is 14.1. The molecule has 0 saturated carbocycles. The second-order valence-electron chi connectivity index (χ2n) is 6.30. The van der Waals surface area contributed by atoms with Crippen LogP contribution in [0.15, 0.2) is 0 Å². The van der Waals surface area contributed by atoms with Crippen LogP contribution in [-0.4, -0.2) is 61.7 Å². The van der Waals surface area contributed by atoms with E-state index in [0.29, 0.717) is 0 Å². The van der Waals surface area contributed by atoms with E-state index in [2.05, 4.69) is 42.8 Å². The van der Waals surface area contributed by atoms with Crippen LogP contribution in [0.2, 0.25) is 0 Å². The van der Waals surface area contributed by atoms with Gasteiger partial charge < -0.3 is 15.1 Å². The number of likely N-dealkylation sites (tertiary alicyclic amines) is 1. The third-order valence-electron chi connectivity index (χ3n) is 4.19. The van der Waals surface area contributed by atoms with Crippen molar-refractivity contribution in [3.8, 4) is 0 Å². The minimum absolute atomic E-state index is 0.764. The molecule has 19 heavy (non-hydrogen) atoms. The minimum Gasteiger partial charge on any atom is -0.314 e. The molecule has 0 atom stereocenters. The molecule has 1 aliphatic heterocycles. The fourth-order valence-corrected chi connectivity index (χ4v) is 2.98. The minimum atomic E-state index is 0.764. The first-order valence-corrected chi connectivity index (χ1v) is 8.33. The van der Waals surface area contributed by atoms with Crippen molar-refractivity contribution in [1.29, 1.82) is 0 Å². The summed E-state index contributed by atoms with van der Waals surface area (Å²) in [6.45, 7) is 17.8. The molecule has 1 fully saturated rings. The van der Waals surface area contributed by atoms with Crippen LogP contribution in [-0.2, 0) is 0 Å². The SMILES string of the molecule is CCN(CC)CCCNC1CCN(CC(C)C)CC1. The van der Waals surface area contributed by atoms with Crippen LogP contribution in [0.3, 0.4) is 0 Å². The van der Waals surface area contributed by atoms with Gasteiger partial charge in [-0.05, 0) is 64.4 Å². The van der Waals surface area contributed by atoms with Gasteiger partial charge in [-0.1, -0.05) is 27.7 Å². The number of hydrogen-bond donors (Lipinski definition) is 1. The van der Waals surface area contributed by atoms with Crippen molar-refractivity contribution in [2.45, 2.75) is 53.0 Å². The zero-order valence-electron chi connectivity index (χ0n) is 13.6. The first-order chi connectivity index (χ1) is 9.15. The standard InChI is InChI=1S/C16H35N3/c1-5-18(6-2)11-7-10-17-16-8-12-19(13-9-16)14-15(3)4/h15-17H,5-14H2,1-4H3. The third kappa shape index (κ3) is 7.28. The Hall–Kier alpha value is -0.120. The number of nitrogens with one attached hydrogen (secondary N) is 1. The van der Waals surface area contributed by atoms with Crippen molar-refractivity contribution in [3.63, 3.8) is 0 Å². The fraction of sp³-hybridized carbons (Fsp3) is 1.00. The van der Waals surface area contributed by atoms with Gasteiger partial charge in [-0.15, -0.1) is 0 Å². The highest BCUT2D eigenvalue weighted by Gasteiger charge is 2.18. The summed E-state index contributed by atoms with van der Waals surface area (Å²) in [5.74, 6) is 0.804. The first kappa shape index (κ1) is 16.9. The van der Waals surface area contributed by atoms with E-state index >= 15 is 0 Å². The van der Waals surface area contributed by atoms with E-state index in [-0.39, 0.29) is 0 Å². The predicted octanol–water partition coefficient (Wildman–Crippen LogP) is 2.43. The van der Waals surface area contributed by atoms with E-state index in [1.807, 2.05) is 0 Å². The summed E-state index contributed by atoms with van der Waals surface area (Å²) < 4.78 is 0. The smallest absolute Gasteiger partial charge is 0.00914 e. The molecule has 0 radical (unpaired) electrons. The summed E-state index contributed by atoms with van der Waals surface area (Å²) in [5.41, 5.74) is 0. The zero-order valence-corrected chi connectivity index (χ0v) is 13.6. The number of nitrogens with zero attached hydrogens (tertiary/aromatic N) is 2. The van der Waals surface area contributed by atoms with E-state index < -0.39 is 0 Å². The summed E-state index contributed by atoms with van der Waals surface area (Å²) in [5, 5.41) is 3.75. The Bertz CT molecular complexity index is 206. The molecular weight excluding hydrogens is 234 g/mol. The van der Waals surface area contributed by atoms with Crippen molar-refractivity contribution in [2.75, 3.05) is 45.8 Å². The molecule has 0 bridgehead atoms. The topological polar surface area (TPSA) is 18.5 Å². The van der Waals surface area contributed by atoms with Gasteiger partial charge in [-0.3, -0.25) is 0 Å². The first-order valence-electron chi connectivity index (χ1n) is 8.33. The van der Waals surface area contributed by atoms with Crippen LogP contribution in [0.5, 0.6) is 0 Å². The second kappa shape index (κ2) is 9.73. The number of piperidine rings is 1. The van der Waals surface area contributed by atoms with Crippen molar-refractivity contribution >= 4 is 0 Å². The molecule has 0 aromatic rings. The van der Waals surface area contributed by atoms with Crippen molar-refractivity contribution in [3.05, 3.63) is 0 Å². The van der Waals surface area contributed by atoms with Gasteiger partial charge >= 0.3 is 0 Å². The van der Waals surface area contributed by atoms with Gasteiger partial charge in [0.1, 0.15) is 0 Å². The Morgan fingerprint density at radius 1 is 1.16 bits per heavy atom. The Morgan fingerprint density at radius 3 is 2.32 bits per heavy atom. The summed E-state index contributed by atoms with van der Waals surface area (Å²) in [7, 11) is 0. The molecular formula is C16H35N3. The molecule has 1 heterocycles. The molecule has 0 spiro atoms. The molecule has 0 amide bonds. The summed E-state index contributed by atoms with van der Waals surface area (Å²) >= 11 is 0. The van der Waals surface area contributed by atoms with Gasteiger partial charge in [0.05, 0.1) is 0 Å². The van der Waals surface area contributed by atoms with Crippen molar-refractivity contribution in [1.82, 2.24) is 15.1 Å². The highest BCUT2D eigenvalue weighted by molar-refractivity contribution is 4.77. The fourth-order valence-electron chi connectivity index (χ4n) is 2.98. The van der Waals surface area contributed by atoms with E-state index in [1.54, 1.807) is 0 Å². The Balaban J connectivity index is 2.03. The Kier molecular flexibility index (Phi) is 8.67. The monoisotopic (exact) mass is 269 g/mol. The molecule has 0 aromatic carbocycles. The van der Waals surface area contributed by atoms with Gasteiger partial charge in [0, 0.05) is 12.6 Å². The van der Waals surface area contributed by atoms with Crippen LogP contribution < -0.4 is 5.32 Å². The third-order valence-corrected chi connectivity index (χ3v) is 4.19. The lowest BCUT2D eigenvalue weighted by Crippen LogP contribution is -2.44. The van der Waals surface area contributed by atoms with Crippen LogP contribution in [0.1, 0.15) is 47.0 Å². The molecule has 0 aliphatic carbocycles. The molecule has 0 unspecified atom stereocenters. The maximum absolute atomic E-state index is 3.75. The molecule has 1 aliphatic rings. The van der Waals surface area contributed by atoms with Crippen LogP contribution >= 0.6 is 0 Å². The summed E-state index contributed by atoms with van der Waals surface area (Å²) in [4.78, 5) is 5.13. The maximum Gasteiger partial charge on any atom is 0.00914 e. The summed E-state index contributed by atoms with van der Waals surface area (Å²) in [6.07, 6.45) is 3.95. The lowest BCUT2D eigenvalue weighted by atomic mass is 10.0. The molecule has 3 nitrogen and oxygen atoms in total. The van der Waals surface area contributed by atoms with E-state index in [1.165, 1.54) is 65.1 Å². The van der Waals surface area contributed by atoms with Crippen LogP contribution in [0.25, 0.3) is 0 Å². The second-order valence-corrected chi connectivity index (χ2v) is 6.30. The van der Waals surface area contributed by atoms with Crippen LogP contribution in [0, 0.1) is 5.92 Å². The molecule has 1 rings (SSSR count). The molecule has 3 heteroatoms. The lowest BCUT2D eigenvalue weighted by molar-refractivity contribution is 0.179. The Morgan fingerprint density at radius 2 is 1.79 bits per heavy atom. The predicted molar refractivity (Wildman–Crippen MR) is 84.7 cm³/mol. The van der Waals surface area contributed by atoms with E-state index in [9.17, 15) is 0 Å². The number of rotatable bonds is 9. The Labute approximate surface area is 120 Å². The normalized spacial score (nSPS) is 18.6. The van der Waals surface area contributed by atoms with Crippen LogP contribution in [0.4, 0.5) is 0 Å². The van der Waals surface area contributed by atoms with Gasteiger partial charge in [0.2, 0.25) is 0 Å². The number of hydrogen-bond acceptors (Lipinski definition) is 3. The average molecular weight is 269 g/mol. The average Bonchev–Trinajstić information content (AvgIpc) is 2.40. The highest BCUT2D eigenvalue weighted by Crippen LogP contribution is 2.11. The van der Waals surface area contributed by atoms with E-state index in [4.69, 9.17) is 0 Å². The highest BCUT2D eigenvalue weighted by atomic mass is 15.1. The van der Waals surface area contributed by atoms with Gasteiger partial charge in [0.25, 0.3) is 0 Å². The summed E-state index contributed by atoms with van der Waals surface area (Å²) in [6, 6.07) is 0.764. The lowest BCUT2D eigenvalue weighted by Gasteiger charge is -2.33. The molecule has 114 valence electrons. The maximum atomic E-state index is 3.75. The molecule has 0 aromatic heterocycles. The van der Waals surface area contributed by atoms with Gasteiger partial charge in [0.15, 0.2) is 0 Å². The van der Waals surface area contributed by atoms with Gasteiger partial charge in [-0.25, -0.2) is 0 Å². The molecule has 1 N–H and O–H groups in total.